The second kappa shape index (κ2) is 5.51. The number of nitrogens with zero attached hydrogens (tertiary/aromatic N) is 1. The van der Waals surface area contributed by atoms with Crippen molar-refractivity contribution < 1.29 is 4.79 Å². The number of rotatable bonds is 3. The number of carbonyl (C=O) groups excluding carboxylic acids is 1. The van der Waals surface area contributed by atoms with Crippen molar-refractivity contribution in [2.75, 3.05) is 0 Å². The molecule has 5 heteroatoms. The van der Waals surface area contributed by atoms with Crippen LogP contribution in [0.5, 0.6) is 0 Å². The average Bonchev–Trinajstić information content (AvgIpc) is 3.31. The van der Waals surface area contributed by atoms with Crippen LogP contribution in [-0.4, -0.2) is 11.3 Å². The zero-order valence-corrected chi connectivity index (χ0v) is 13.5. The maximum absolute atomic E-state index is 11.0. The molecule has 0 atom stereocenters. The number of hydrogen-bond acceptors (Lipinski definition) is 4. The van der Waals surface area contributed by atoms with E-state index in [9.17, 15) is 10.1 Å². The zero-order chi connectivity index (χ0) is 15.8. The van der Waals surface area contributed by atoms with Crippen molar-refractivity contribution in [1.82, 2.24) is 4.98 Å². The number of fused-ring (bicyclic) bond motifs is 1. The van der Waals surface area contributed by atoms with Crippen LogP contribution in [0, 0.1) is 11.3 Å². The van der Waals surface area contributed by atoms with Gasteiger partial charge in [-0.15, -0.1) is 22.7 Å². The summed E-state index contributed by atoms with van der Waals surface area (Å²) in [5.74, 6) is 0. The summed E-state index contributed by atoms with van der Waals surface area (Å²) >= 11 is 3.09. The molecule has 0 aliphatic heterocycles. The Morgan fingerprint density at radius 1 is 1.13 bits per heavy atom. The van der Waals surface area contributed by atoms with E-state index in [2.05, 4.69) is 17.1 Å². The van der Waals surface area contributed by atoms with Crippen LogP contribution in [0.25, 0.3) is 32.6 Å². The fraction of sp³-hybridized carbons (Fsp3) is 0. The molecule has 4 rings (SSSR count). The lowest BCUT2D eigenvalue weighted by molar-refractivity contribution is 0.112. The van der Waals surface area contributed by atoms with Crippen LogP contribution in [0.1, 0.15) is 15.2 Å². The predicted molar refractivity (Wildman–Crippen MR) is 95.0 cm³/mol. The highest BCUT2D eigenvalue weighted by Gasteiger charge is 2.19. The minimum Gasteiger partial charge on any atom is -0.353 e. The molecule has 3 nitrogen and oxygen atoms in total. The standard InChI is InChI=1S/C18H10N2OS2/c19-9-16-13(5-7-23-16)17-12-4-3-11(10-21)8-14(12)20-18(17)15-2-1-6-22-15/h1-8,10,20H. The molecule has 0 saturated heterocycles. The van der Waals surface area contributed by atoms with Gasteiger partial charge in [-0.05, 0) is 29.0 Å². The van der Waals surface area contributed by atoms with E-state index in [0.29, 0.717) is 10.4 Å². The molecule has 0 fully saturated rings. The van der Waals surface area contributed by atoms with Crippen molar-refractivity contribution in [3.05, 3.63) is 57.6 Å². The number of hydrogen-bond donors (Lipinski definition) is 1. The van der Waals surface area contributed by atoms with E-state index in [1.807, 2.05) is 41.1 Å². The highest BCUT2D eigenvalue weighted by atomic mass is 32.1. The third kappa shape index (κ3) is 2.20. The summed E-state index contributed by atoms with van der Waals surface area (Å²) < 4.78 is 0. The van der Waals surface area contributed by atoms with E-state index in [1.54, 1.807) is 11.3 Å². The van der Waals surface area contributed by atoms with Crippen LogP contribution >= 0.6 is 22.7 Å². The first-order valence-corrected chi connectivity index (χ1v) is 8.70. The molecule has 110 valence electrons. The number of nitrogens with one attached hydrogen (secondary N) is 1. The Morgan fingerprint density at radius 3 is 2.78 bits per heavy atom. The van der Waals surface area contributed by atoms with E-state index in [-0.39, 0.29) is 0 Å². The van der Waals surface area contributed by atoms with Gasteiger partial charge in [0, 0.05) is 27.6 Å². The van der Waals surface area contributed by atoms with Gasteiger partial charge in [-0.2, -0.15) is 5.26 Å². The summed E-state index contributed by atoms with van der Waals surface area (Å²) in [6.45, 7) is 0. The minimum atomic E-state index is 0.633. The summed E-state index contributed by atoms with van der Waals surface area (Å²) in [6.07, 6.45) is 0.843. The monoisotopic (exact) mass is 334 g/mol. The van der Waals surface area contributed by atoms with Gasteiger partial charge in [-0.1, -0.05) is 18.2 Å². The molecule has 4 aromatic rings. The smallest absolute Gasteiger partial charge is 0.150 e. The van der Waals surface area contributed by atoms with E-state index in [0.717, 1.165) is 38.9 Å². The first-order chi connectivity index (χ1) is 11.3. The number of aromatic amines is 1. The van der Waals surface area contributed by atoms with Gasteiger partial charge in [0.15, 0.2) is 0 Å². The summed E-state index contributed by atoms with van der Waals surface area (Å²) in [4.78, 5) is 16.3. The first kappa shape index (κ1) is 13.9. The quantitative estimate of drug-likeness (QED) is 0.516. The Labute approximate surface area is 140 Å². The molecule has 0 bridgehead atoms. The number of nitriles is 1. The number of carbonyl (C=O) groups is 1. The molecule has 23 heavy (non-hydrogen) atoms. The van der Waals surface area contributed by atoms with Crippen LogP contribution in [0.2, 0.25) is 0 Å². The molecule has 0 radical (unpaired) electrons. The molecular formula is C18H10N2OS2. The third-order valence-corrected chi connectivity index (χ3v) is 5.47. The molecule has 0 unspecified atom stereocenters. The lowest BCUT2D eigenvalue weighted by atomic mass is 10.0. The minimum absolute atomic E-state index is 0.633. The molecule has 0 amide bonds. The Bertz CT molecular complexity index is 1050. The molecule has 0 saturated carbocycles. The summed E-state index contributed by atoms with van der Waals surface area (Å²) in [7, 11) is 0. The molecule has 0 aliphatic carbocycles. The van der Waals surface area contributed by atoms with Gasteiger partial charge in [0.1, 0.15) is 17.2 Å². The number of benzene rings is 1. The van der Waals surface area contributed by atoms with Crippen LogP contribution in [-0.2, 0) is 0 Å². The van der Waals surface area contributed by atoms with Crippen molar-refractivity contribution >= 4 is 39.9 Å². The average molecular weight is 334 g/mol. The van der Waals surface area contributed by atoms with Crippen molar-refractivity contribution in [3.63, 3.8) is 0 Å². The summed E-state index contributed by atoms with van der Waals surface area (Å²) in [5.41, 5.74) is 4.49. The number of thiophene rings is 2. The Hall–Kier alpha value is -2.68. The molecule has 3 aromatic heterocycles. The lowest BCUT2D eigenvalue weighted by Gasteiger charge is -2.02. The van der Waals surface area contributed by atoms with Gasteiger partial charge in [0.05, 0.1) is 10.6 Å². The number of H-pyrrole nitrogens is 1. The van der Waals surface area contributed by atoms with Gasteiger partial charge >= 0.3 is 0 Å². The lowest BCUT2D eigenvalue weighted by Crippen LogP contribution is -1.81. The van der Waals surface area contributed by atoms with Crippen LogP contribution in [0.3, 0.4) is 0 Å². The molecule has 3 heterocycles. The maximum Gasteiger partial charge on any atom is 0.150 e. The molecule has 0 spiro atoms. The normalized spacial score (nSPS) is 10.7. The van der Waals surface area contributed by atoms with E-state index < -0.39 is 0 Å². The van der Waals surface area contributed by atoms with Crippen molar-refractivity contribution in [3.8, 4) is 27.8 Å². The van der Waals surface area contributed by atoms with E-state index >= 15 is 0 Å². The van der Waals surface area contributed by atoms with Crippen LogP contribution in [0.4, 0.5) is 0 Å². The molecular weight excluding hydrogens is 324 g/mol. The fourth-order valence-electron chi connectivity index (χ4n) is 2.77. The third-order valence-electron chi connectivity index (χ3n) is 3.76. The van der Waals surface area contributed by atoms with Gasteiger partial charge in [0.2, 0.25) is 0 Å². The molecule has 0 aliphatic rings. The fourth-order valence-corrected chi connectivity index (χ4v) is 4.19. The second-order valence-corrected chi connectivity index (χ2v) is 6.91. The van der Waals surface area contributed by atoms with Crippen molar-refractivity contribution in [2.45, 2.75) is 0 Å². The highest BCUT2D eigenvalue weighted by Crippen LogP contribution is 2.42. The summed E-state index contributed by atoms with van der Waals surface area (Å²) in [6, 6.07) is 13.9. The number of aldehydes is 1. The van der Waals surface area contributed by atoms with Crippen molar-refractivity contribution in [2.24, 2.45) is 0 Å². The van der Waals surface area contributed by atoms with Crippen LogP contribution < -0.4 is 0 Å². The largest absolute Gasteiger partial charge is 0.353 e. The maximum atomic E-state index is 11.0. The van der Waals surface area contributed by atoms with Gasteiger partial charge in [-0.3, -0.25) is 4.79 Å². The zero-order valence-electron chi connectivity index (χ0n) is 11.9. The Morgan fingerprint density at radius 2 is 2.04 bits per heavy atom. The summed E-state index contributed by atoms with van der Waals surface area (Å²) in [5, 5.41) is 14.4. The van der Waals surface area contributed by atoms with Gasteiger partial charge < -0.3 is 4.98 Å². The first-order valence-electron chi connectivity index (χ1n) is 6.94. The topological polar surface area (TPSA) is 56.6 Å². The van der Waals surface area contributed by atoms with E-state index in [4.69, 9.17) is 0 Å². The Balaban J connectivity index is 2.09. The molecule has 1 aromatic carbocycles. The highest BCUT2D eigenvalue weighted by molar-refractivity contribution is 7.13. The van der Waals surface area contributed by atoms with E-state index in [1.165, 1.54) is 11.3 Å². The van der Waals surface area contributed by atoms with Gasteiger partial charge in [0.25, 0.3) is 0 Å². The molecule has 1 N–H and O–H groups in total. The predicted octanol–water partition coefficient (Wildman–Crippen LogP) is 5.31. The second-order valence-electron chi connectivity index (χ2n) is 5.05. The van der Waals surface area contributed by atoms with Crippen LogP contribution in [0.15, 0.2) is 47.2 Å². The van der Waals surface area contributed by atoms with Crippen molar-refractivity contribution in [1.29, 1.82) is 5.26 Å². The Kier molecular flexibility index (Phi) is 3.34. The van der Waals surface area contributed by atoms with Gasteiger partial charge in [-0.25, -0.2) is 0 Å². The number of aromatic nitrogens is 1. The SMILES string of the molecule is N#Cc1sccc1-c1c(-c2cccs2)[nH]c2cc(C=O)ccc12.